The molecule has 0 spiro atoms. The summed E-state index contributed by atoms with van der Waals surface area (Å²) in [5.74, 6) is -3.51. The summed E-state index contributed by atoms with van der Waals surface area (Å²) >= 11 is 0. The van der Waals surface area contributed by atoms with Crippen molar-refractivity contribution in [2.75, 3.05) is 4.72 Å². The summed E-state index contributed by atoms with van der Waals surface area (Å²) in [6, 6.07) is 3.68. The van der Waals surface area contributed by atoms with E-state index < -0.39 is 15.8 Å². The smallest absolute Gasteiger partial charge is 0.355 e. The van der Waals surface area contributed by atoms with E-state index in [1.165, 1.54) is 25.1 Å². The van der Waals surface area contributed by atoms with Crippen LogP contribution >= 0.6 is 0 Å². The molecule has 2 N–H and O–H groups in total. The monoisotopic (exact) mass is 237 g/mol. The van der Waals surface area contributed by atoms with Gasteiger partial charge in [-0.2, -0.15) is 8.78 Å². The Morgan fingerprint density at radius 1 is 1.40 bits per heavy atom. The summed E-state index contributed by atoms with van der Waals surface area (Å²) in [5.41, 5.74) is 0.384. The molecule has 0 saturated heterocycles. The van der Waals surface area contributed by atoms with Gasteiger partial charge < -0.3 is 5.11 Å². The van der Waals surface area contributed by atoms with Gasteiger partial charge in [-0.25, -0.2) is 8.42 Å². The molecule has 0 saturated carbocycles. The maximum Gasteiger partial charge on any atom is 0.355 e. The lowest BCUT2D eigenvalue weighted by Crippen LogP contribution is -2.20. The molecule has 0 unspecified atom stereocenters. The number of hydrogen-bond acceptors (Lipinski definition) is 3. The third kappa shape index (κ3) is 2.79. The Balaban J connectivity index is 2.96. The van der Waals surface area contributed by atoms with Crippen LogP contribution in [0, 0.1) is 6.92 Å². The maximum absolute atomic E-state index is 12.0. The van der Waals surface area contributed by atoms with E-state index in [9.17, 15) is 17.2 Å². The van der Waals surface area contributed by atoms with Gasteiger partial charge in [0.15, 0.2) is 0 Å². The van der Waals surface area contributed by atoms with Crippen molar-refractivity contribution in [2.45, 2.75) is 12.7 Å². The molecule has 1 rings (SSSR count). The first-order valence-corrected chi connectivity index (χ1v) is 5.47. The third-order valence-corrected chi connectivity index (χ3v) is 2.68. The number of phenolic OH excluding ortho intramolecular Hbond substituents is 1. The second-order valence-corrected chi connectivity index (χ2v) is 4.56. The molecule has 4 nitrogen and oxygen atoms in total. The van der Waals surface area contributed by atoms with Gasteiger partial charge in [-0.3, -0.25) is 4.72 Å². The van der Waals surface area contributed by atoms with Crippen LogP contribution in [-0.2, 0) is 10.0 Å². The average Bonchev–Trinajstić information content (AvgIpc) is 2.10. The first-order valence-electron chi connectivity index (χ1n) is 3.92. The largest absolute Gasteiger partial charge is 0.508 e. The highest BCUT2D eigenvalue weighted by Crippen LogP contribution is 2.21. The van der Waals surface area contributed by atoms with Crippen molar-refractivity contribution in [3.63, 3.8) is 0 Å². The Bertz CT molecular complexity index is 459. The standard InChI is InChI=1S/C8H9F2NO3S/c1-5-4-6(2-3-7(5)12)11-15(13,14)8(9)10/h2-4,8,11-12H,1H3. The third-order valence-electron chi connectivity index (χ3n) is 1.69. The SMILES string of the molecule is Cc1cc(NS(=O)(=O)C(F)F)ccc1O. The van der Waals surface area contributed by atoms with Crippen LogP contribution in [0.25, 0.3) is 0 Å². The Labute approximate surface area is 85.6 Å². The van der Waals surface area contributed by atoms with E-state index in [0.717, 1.165) is 0 Å². The highest BCUT2D eigenvalue weighted by Gasteiger charge is 2.23. The first-order chi connectivity index (χ1) is 6.83. The van der Waals surface area contributed by atoms with Crippen LogP contribution in [0.4, 0.5) is 14.5 Å². The zero-order valence-electron chi connectivity index (χ0n) is 7.74. The average molecular weight is 237 g/mol. The number of alkyl halides is 2. The van der Waals surface area contributed by atoms with Crippen LogP contribution in [-0.4, -0.2) is 19.3 Å². The summed E-state index contributed by atoms with van der Waals surface area (Å²) in [6.07, 6.45) is 0. The molecule has 7 heteroatoms. The molecule has 15 heavy (non-hydrogen) atoms. The summed E-state index contributed by atoms with van der Waals surface area (Å²) in [6.45, 7) is 1.52. The van der Waals surface area contributed by atoms with Gasteiger partial charge in [-0.1, -0.05) is 0 Å². The van der Waals surface area contributed by atoms with Crippen LogP contribution in [0.1, 0.15) is 5.56 Å². The van der Waals surface area contributed by atoms with Crippen molar-refractivity contribution in [3.05, 3.63) is 23.8 Å². The van der Waals surface area contributed by atoms with Gasteiger partial charge in [0.2, 0.25) is 0 Å². The van der Waals surface area contributed by atoms with Gasteiger partial charge in [0.1, 0.15) is 5.75 Å². The number of anilines is 1. The van der Waals surface area contributed by atoms with E-state index in [-0.39, 0.29) is 11.4 Å². The number of halogens is 2. The van der Waals surface area contributed by atoms with Crippen molar-refractivity contribution in [2.24, 2.45) is 0 Å². The van der Waals surface area contributed by atoms with Gasteiger partial charge >= 0.3 is 5.76 Å². The van der Waals surface area contributed by atoms with E-state index >= 15 is 0 Å². The van der Waals surface area contributed by atoms with E-state index in [2.05, 4.69) is 0 Å². The highest BCUT2D eigenvalue weighted by atomic mass is 32.2. The second kappa shape index (κ2) is 4.01. The van der Waals surface area contributed by atoms with E-state index in [1.807, 2.05) is 0 Å². The predicted molar refractivity (Wildman–Crippen MR) is 51.4 cm³/mol. The van der Waals surface area contributed by atoms with Crippen molar-refractivity contribution in [1.29, 1.82) is 0 Å². The number of nitrogens with one attached hydrogen (secondary N) is 1. The molecule has 0 aliphatic rings. The number of benzene rings is 1. The van der Waals surface area contributed by atoms with Crippen LogP contribution in [0.2, 0.25) is 0 Å². The first kappa shape index (κ1) is 11.7. The minimum absolute atomic E-state index is 0.00870. The Hall–Kier alpha value is -1.37. The number of hydrogen-bond donors (Lipinski definition) is 2. The molecular formula is C8H9F2NO3S. The number of rotatable bonds is 3. The molecule has 1 aromatic carbocycles. The highest BCUT2D eigenvalue weighted by molar-refractivity contribution is 7.93. The fourth-order valence-electron chi connectivity index (χ4n) is 0.928. The lowest BCUT2D eigenvalue weighted by atomic mass is 10.2. The van der Waals surface area contributed by atoms with Gasteiger partial charge in [-0.05, 0) is 30.7 Å². The van der Waals surface area contributed by atoms with Crippen LogP contribution in [0.5, 0.6) is 5.75 Å². The van der Waals surface area contributed by atoms with Gasteiger partial charge in [0, 0.05) is 5.69 Å². The number of sulfonamides is 1. The maximum atomic E-state index is 12.0. The van der Waals surface area contributed by atoms with E-state index in [0.29, 0.717) is 5.56 Å². The minimum atomic E-state index is -4.65. The van der Waals surface area contributed by atoms with Crippen LogP contribution in [0.15, 0.2) is 18.2 Å². The molecule has 1 aromatic rings. The fraction of sp³-hybridized carbons (Fsp3) is 0.250. The topological polar surface area (TPSA) is 66.4 Å². The van der Waals surface area contributed by atoms with Crippen LogP contribution < -0.4 is 4.72 Å². The summed E-state index contributed by atoms with van der Waals surface area (Å²) in [4.78, 5) is 0. The zero-order valence-corrected chi connectivity index (χ0v) is 8.55. The molecule has 84 valence electrons. The molecule has 0 heterocycles. The number of aromatic hydroxyl groups is 1. The molecule has 0 aliphatic carbocycles. The summed E-state index contributed by atoms with van der Waals surface area (Å²) in [7, 11) is -4.65. The quantitative estimate of drug-likeness (QED) is 0.786. The second-order valence-electron chi connectivity index (χ2n) is 2.91. The number of phenols is 1. The van der Waals surface area contributed by atoms with Gasteiger partial charge in [0.25, 0.3) is 10.0 Å². The molecule has 0 aliphatic heterocycles. The minimum Gasteiger partial charge on any atom is -0.508 e. The van der Waals surface area contributed by atoms with Crippen LogP contribution in [0.3, 0.4) is 0 Å². The molecule has 0 fully saturated rings. The predicted octanol–water partition coefficient (Wildman–Crippen LogP) is 1.66. The molecule has 0 bridgehead atoms. The van der Waals surface area contributed by atoms with Crippen molar-refractivity contribution < 1.29 is 22.3 Å². The normalized spacial score (nSPS) is 11.7. The fourth-order valence-corrected chi connectivity index (χ4v) is 1.47. The summed E-state index contributed by atoms with van der Waals surface area (Å²) < 4.78 is 47.2. The molecular weight excluding hydrogens is 228 g/mol. The lowest BCUT2D eigenvalue weighted by Gasteiger charge is -2.07. The molecule has 0 amide bonds. The zero-order chi connectivity index (χ0) is 11.6. The Morgan fingerprint density at radius 2 is 2.00 bits per heavy atom. The van der Waals surface area contributed by atoms with Crippen molar-refractivity contribution in [3.8, 4) is 5.75 Å². The Morgan fingerprint density at radius 3 is 2.47 bits per heavy atom. The van der Waals surface area contributed by atoms with E-state index in [4.69, 9.17) is 5.11 Å². The lowest BCUT2D eigenvalue weighted by molar-refractivity contribution is 0.236. The molecule has 0 aromatic heterocycles. The van der Waals surface area contributed by atoms with Gasteiger partial charge in [0.05, 0.1) is 0 Å². The Kier molecular flexibility index (Phi) is 3.13. The van der Waals surface area contributed by atoms with Gasteiger partial charge in [-0.15, -0.1) is 0 Å². The van der Waals surface area contributed by atoms with Crippen molar-refractivity contribution >= 4 is 15.7 Å². The molecule has 0 radical (unpaired) electrons. The van der Waals surface area contributed by atoms with Crippen molar-refractivity contribution in [1.82, 2.24) is 0 Å². The summed E-state index contributed by atoms with van der Waals surface area (Å²) in [5, 5.41) is 9.13. The molecule has 0 atom stereocenters. The number of aryl methyl sites for hydroxylation is 1. The van der Waals surface area contributed by atoms with E-state index in [1.54, 1.807) is 4.72 Å².